The molecule has 0 aromatic rings. The quantitative estimate of drug-likeness (QED) is 0.754. The number of hydrogen-bond acceptors (Lipinski definition) is 2. The summed E-state index contributed by atoms with van der Waals surface area (Å²) in [6.45, 7) is 4.71. The van der Waals surface area contributed by atoms with E-state index in [1.54, 1.807) is 6.08 Å². The van der Waals surface area contributed by atoms with Crippen molar-refractivity contribution in [3.05, 3.63) is 12.2 Å². The summed E-state index contributed by atoms with van der Waals surface area (Å²) in [5.74, 6) is 2.36. The van der Waals surface area contributed by atoms with Gasteiger partial charge in [0.25, 0.3) is 0 Å². The van der Waals surface area contributed by atoms with Gasteiger partial charge in [-0.2, -0.15) is 0 Å². The summed E-state index contributed by atoms with van der Waals surface area (Å²) in [5.41, 5.74) is 0.0894. The fourth-order valence-electron chi connectivity index (χ4n) is 5.31. The molecular weight excluding hydrogens is 274 g/mol. The van der Waals surface area contributed by atoms with Crippen LogP contribution in [0.1, 0.15) is 58.8 Å². The van der Waals surface area contributed by atoms with Gasteiger partial charge in [0.1, 0.15) is 6.29 Å². The highest BCUT2D eigenvalue weighted by Gasteiger charge is 2.49. The molecule has 3 aliphatic rings. The van der Waals surface area contributed by atoms with Gasteiger partial charge < -0.3 is 10.1 Å². The number of carbonyl (C=O) groups excluding carboxylic acids is 2. The van der Waals surface area contributed by atoms with Crippen LogP contribution in [0.15, 0.2) is 12.2 Å². The zero-order valence-corrected chi connectivity index (χ0v) is 13.9. The second kappa shape index (κ2) is 6.17. The smallest absolute Gasteiger partial charge is 0.243 e. The summed E-state index contributed by atoms with van der Waals surface area (Å²) < 4.78 is 0. The first-order valence-electron chi connectivity index (χ1n) is 8.99. The van der Waals surface area contributed by atoms with Gasteiger partial charge in [0.05, 0.1) is 0 Å². The Morgan fingerprint density at radius 3 is 2.77 bits per heavy atom. The second-order valence-electron chi connectivity index (χ2n) is 7.99. The highest BCUT2D eigenvalue weighted by Crippen LogP contribution is 2.52. The van der Waals surface area contributed by atoms with Crippen molar-refractivity contribution in [1.82, 2.24) is 5.32 Å². The third-order valence-corrected chi connectivity index (χ3v) is 6.77. The number of nitrogens with one attached hydrogen (secondary N) is 1. The normalized spacial score (nSPS) is 45.5. The summed E-state index contributed by atoms with van der Waals surface area (Å²) in [6, 6.07) is 0.293. The molecule has 3 rings (SSSR count). The molecule has 122 valence electrons. The number of rotatable bonds is 1. The first-order valence-corrected chi connectivity index (χ1v) is 8.99. The molecule has 0 spiro atoms. The summed E-state index contributed by atoms with van der Waals surface area (Å²) in [6.07, 6.45) is 13.0. The van der Waals surface area contributed by atoms with Gasteiger partial charge in [-0.25, -0.2) is 0 Å². The van der Waals surface area contributed by atoms with E-state index >= 15 is 0 Å². The predicted molar refractivity (Wildman–Crippen MR) is 87.2 cm³/mol. The molecule has 3 nitrogen and oxygen atoms in total. The van der Waals surface area contributed by atoms with Crippen LogP contribution in [0.25, 0.3) is 0 Å². The Kier molecular flexibility index (Phi) is 4.42. The molecule has 6 atom stereocenters. The molecule has 22 heavy (non-hydrogen) atoms. The van der Waals surface area contributed by atoms with Gasteiger partial charge in [0, 0.05) is 17.4 Å². The highest BCUT2D eigenvalue weighted by atomic mass is 16.1. The SMILES string of the molecule is CC1CC[C@H](C=O)CCCC2C1CC[C@H]1NC(=O)C=C[C@]21C. The van der Waals surface area contributed by atoms with E-state index in [4.69, 9.17) is 0 Å². The van der Waals surface area contributed by atoms with E-state index in [1.807, 2.05) is 0 Å². The van der Waals surface area contributed by atoms with Crippen molar-refractivity contribution in [2.75, 3.05) is 0 Å². The fraction of sp³-hybridized carbons (Fsp3) is 0.789. The first-order chi connectivity index (χ1) is 10.5. The molecule has 2 aliphatic carbocycles. The Hall–Kier alpha value is -1.12. The fourth-order valence-corrected chi connectivity index (χ4v) is 5.31. The maximum atomic E-state index is 11.7. The monoisotopic (exact) mass is 303 g/mol. The summed E-state index contributed by atoms with van der Waals surface area (Å²) in [5, 5.41) is 3.20. The van der Waals surface area contributed by atoms with E-state index < -0.39 is 0 Å². The number of amides is 1. The van der Waals surface area contributed by atoms with Gasteiger partial charge in [0.2, 0.25) is 5.91 Å². The average molecular weight is 303 g/mol. The van der Waals surface area contributed by atoms with Crippen LogP contribution >= 0.6 is 0 Å². The number of aldehydes is 1. The molecule has 1 amide bonds. The first kappa shape index (κ1) is 15.8. The summed E-state index contributed by atoms with van der Waals surface area (Å²) in [7, 11) is 0. The van der Waals surface area contributed by atoms with E-state index in [2.05, 4.69) is 25.2 Å². The maximum Gasteiger partial charge on any atom is 0.243 e. The Morgan fingerprint density at radius 1 is 1.18 bits per heavy atom. The van der Waals surface area contributed by atoms with E-state index in [0.29, 0.717) is 17.9 Å². The molecule has 2 saturated carbocycles. The largest absolute Gasteiger partial charge is 0.349 e. The molecule has 0 saturated heterocycles. The zero-order chi connectivity index (χ0) is 15.7. The standard InChI is InChI=1S/C19H29NO2/c1-13-6-7-14(12-21)4-3-5-16-15(13)8-9-17-19(16,2)11-10-18(22)20-17/h10-17H,3-9H2,1-2H3,(H,20,22)/t13?,14-,15?,16?,17-,19-/m1/s1. The van der Waals surface area contributed by atoms with Crippen LogP contribution in [0.5, 0.6) is 0 Å². The van der Waals surface area contributed by atoms with E-state index in [0.717, 1.165) is 31.6 Å². The lowest BCUT2D eigenvalue weighted by atomic mass is 9.55. The third-order valence-electron chi connectivity index (χ3n) is 6.77. The van der Waals surface area contributed by atoms with Crippen LogP contribution in [0.3, 0.4) is 0 Å². The average Bonchev–Trinajstić information content (AvgIpc) is 2.58. The maximum absolute atomic E-state index is 11.7. The van der Waals surface area contributed by atoms with Crippen LogP contribution in [0.2, 0.25) is 0 Å². The molecule has 0 bridgehead atoms. The van der Waals surface area contributed by atoms with Crippen LogP contribution in [-0.2, 0) is 9.59 Å². The number of fused-ring (bicyclic) bond motifs is 3. The van der Waals surface area contributed by atoms with Crippen molar-refractivity contribution in [3.8, 4) is 0 Å². The molecule has 3 unspecified atom stereocenters. The lowest BCUT2D eigenvalue weighted by molar-refractivity contribution is -0.120. The zero-order valence-electron chi connectivity index (χ0n) is 13.9. The van der Waals surface area contributed by atoms with Gasteiger partial charge in [0.15, 0.2) is 0 Å². The molecule has 1 N–H and O–H groups in total. The van der Waals surface area contributed by atoms with Gasteiger partial charge >= 0.3 is 0 Å². The molecule has 1 heterocycles. The Bertz CT molecular complexity index is 472. The summed E-state index contributed by atoms with van der Waals surface area (Å²) in [4.78, 5) is 22.9. The Balaban J connectivity index is 1.87. The van der Waals surface area contributed by atoms with Gasteiger partial charge in [-0.15, -0.1) is 0 Å². The van der Waals surface area contributed by atoms with Crippen molar-refractivity contribution < 1.29 is 9.59 Å². The van der Waals surface area contributed by atoms with E-state index in [9.17, 15) is 9.59 Å². The van der Waals surface area contributed by atoms with Crippen LogP contribution in [0, 0.1) is 29.1 Å². The second-order valence-corrected chi connectivity index (χ2v) is 7.99. The lowest BCUT2D eigenvalue weighted by Crippen LogP contribution is -2.56. The minimum atomic E-state index is 0.0676. The topological polar surface area (TPSA) is 46.2 Å². The van der Waals surface area contributed by atoms with E-state index in [-0.39, 0.29) is 17.2 Å². The van der Waals surface area contributed by atoms with Crippen LogP contribution in [-0.4, -0.2) is 18.2 Å². The predicted octanol–water partition coefficient (Wildman–Crippen LogP) is 3.49. The van der Waals surface area contributed by atoms with Crippen molar-refractivity contribution in [3.63, 3.8) is 0 Å². The molecule has 0 aromatic carbocycles. The third kappa shape index (κ3) is 2.75. The van der Waals surface area contributed by atoms with E-state index in [1.165, 1.54) is 25.5 Å². The Labute approximate surface area is 133 Å². The van der Waals surface area contributed by atoms with Gasteiger partial charge in [-0.1, -0.05) is 26.3 Å². The van der Waals surface area contributed by atoms with Crippen molar-refractivity contribution in [2.24, 2.45) is 29.1 Å². The molecule has 3 heteroatoms. The van der Waals surface area contributed by atoms with Crippen molar-refractivity contribution >= 4 is 12.2 Å². The van der Waals surface area contributed by atoms with Gasteiger partial charge in [-0.3, -0.25) is 4.79 Å². The number of carbonyl (C=O) groups is 2. The molecule has 0 radical (unpaired) electrons. The van der Waals surface area contributed by atoms with Crippen LogP contribution < -0.4 is 5.32 Å². The molecule has 0 aromatic heterocycles. The lowest BCUT2D eigenvalue weighted by Gasteiger charge is -2.53. The summed E-state index contributed by atoms with van der Waals surface area (Å²) >= 11 is 0. The van der Waals surface area contributed by atoms with Crippen molar-refractivity contribution in [1.29, 1.82) is 0 Å². The minimum Gasteiger partial charge on any atom is -0.349 e. The molecular formula is C19H29NO2. The minimum absolute atomic E-state index is 0.0676. The molecule has 2 fully saturated rings. The van der Waals surface area contributed by atoms with Crippen LogP contribution in [0.4, 0.5) is 0 Å². The van der Waals surface area contributed by atoms with Crippen molar-refractivity contribution in [2.45, 2.75) is 64.8 Å². The number of hydrogen-bond donors (Lipinski definition) is 1. The molecule has 1 aliphatic heterocycles. The highest BCUT2D eigenvalue weighted by molar-refractivity contribution is 5.89. The Morgan fingerprint density at radius 2 is 2.00 bits per heavy atom. The van der Waals surface area contributed by atoms with Gasteiger partial charge in [-0.05, 0) is 62.4 Å².